The van der Waals surface area contributed by atoms with Crippen molar-refractivity contribution in [3.05, 3.63) is 24.0 Å². The number of aromatic nitrogens is 1. The average Bonchev–Trinajstić information content (AvgIpc) is 2.48. The number of hydrogen-bond donors (Lipinski definition) is 1. The third kappa shape index (κ3) is 3.32. The molecule has 0 radical (unpaired) electrons. The lowest BCUT2D eigenvalue weighted by Gasteiger charge is -2.39. The first-order valence-electron chi connectivity index (χ1n) is 8.13. The Balaban J connectivity index is 2.11. The smallest absolute Gasteiger partial charge is 0.0574 e. The maximum Gasteiger partial charge on any atom is 0.0574 e. The van der Waals surface area contributed by atoms with Gasteiger partial charge in [-0.25, -0.2) is 0 Å². The first-order valence-corrected chi connectivity index (χ1v) is 8.13. The number of nitrogens with one attached hydrogen (secondary N) is 1. The van der Waals surface area contributed by atoms with Crippen LogP contribution in [0.25, 0.3) is 0 Å². The van der Waals surface area contributed by atoms with E-state index in [9.17, 15) is 0 Å². The minimum atomic E-state index is 0.381. The maximum atomic E-state index is 4.70. The molecule has 0 aliphatic carbocycles. The van der Waals surface area contributed by atoms with Crippen LogP contribution in [0.2, 0.25) is 0 Å². The number of rotatable bonds is 5. The Hall–Kier alpha value is -1.09. The Kier molecular flexibility index (Phi) is 5.41. The summed E-state index contributed by atoms with van der Waals surface area (Å²) in [6.45, 7) is 11.2. The van der Waals surface area contributed by atoms with E-state index >= 15 is 0 Å². The second-order valence-electron chi connectivity index (χ2n) is 6.01. The lowest BCUT2D eigenvalue weighted by Crippen LogP contribution is -2.42. The van der Waals surface area contributed by atoms with E-state index in [1.807, 2.05) is 0 Å². The topological polar surface area (TPSA) is 28.2 Å². The lowest BCUT2D eigenvalue weighted by atomic mass is 9.92. The summed E-state index contributed by atoms with van der Waals surface area (Å²) in [5, 5.41) is 3.49. The molecule has 1 aromatic heterocycles. The molecule has 1 aromatic rings. The van der Waals surface area contributed by atoms with Gasteiger partial charge < -0.3 is 10.2 Å². The Labute approximate surface area is 123 Å². The van der Waals surface area contributed by atoms with Crippen molar-refractivity contribution in [1.29, 1.82) is 0 Å². The van der Waals surface area contributed by atoms with E-state index in [1.54, 1.807) is 0 Å². The summed E-state index contributed by atoms with van der Waals surface area (Å²) in [6, 6.07) is 5.44. The molecule has 3 atom stereocenters. The highest BCUT2D eigenvalue weighted by Gasteiger charge is 2.25. The van der Waals surface area contributed by atoms with Gasteiger partial charge in [0.05, 0.1) is 17.6 Å². The summed E-state index contributed by atoms with van der Waals surface area (Å²) in [7, 11) is 0. The van der Waals surface area contributed by atoms with Crippen molar-refractivity contribution in [2.75, 3.05) is 18.0 Å². The zero-order valence-corrected chi connectivity index (χ0v) is 13.4. The van der Waals surface area contributed by atoms with Gasteiger partial charge in [-0.05, 0) is 50.8 Å². The lowest BCUT2D eigenvalue weighted by molar-refractivity contribution is 0.363. The van der Waals surface area contributed by atoms with E-state index in [0.29, 0.717) is 12.1 Å². The fraction of sp³-hybridized carbons (Fsp3) is 0.706. The number of pyridine rings is 1. The van der Waals surface area contributed by atoms with E-state index in [2.05, 4.69) is 56.2 Å². The van der Waals surface area contributed by atoms with Gasteiger partial charge in [-0.3, -0.25) is 4.98 Å². The second-order valence-corrected chi connectivity index (χ2v) is 6.01. The molecule has 0 amide bonds. The molecule has 1 saturated heterocycles. The minimum absolute atomic E-state index is 0.381. The Morgan fingerprint density at radius 3 is 2.75 bits per heavy atom. The predicted molar refractivity (Wildman–Crippen MR) is 86.2 cm³/mol. The molecule has 0 bridgehead atoms. The van der Waals surface area contributed by atoms with Crippen LogP contribution in [0.15, 0.2) is 18.3 Å². The standard InChI is InChI=1S/C17H29N3/c1-5-16(18-6-2)17-10-9-15(12-19-17)20-11-7-8-13(3)14(20)4/h9-10,12-14,16,18H,5-8,11H2,1-4H3. The summed E-state index contributed by atoms with van der Waals surface area (Å²) in [5.74, 6) is 0.772. The molecule has 0 spiro atoms. The quantitative estimate of drug-likeness (QED) is 0.886. The van der Waals surface area contributed by atoms with E-state index in [1.165, 1.54) is 18.5 Å². The molecule has 3 unspecified atom stereocenters. The third-order valence-electron chi connectivity index (χ3n) is 4.69. The zero-order valence-electron chi connectivity index (χ0n) is 13.4. The van der Waals surface area contributed by atoms with Crippen LogP contribution >= 0.6 is 0 Å². The molecule has 3 heteroatoms. The molecule has 1 fully saturated rings. The first kappa shape index (κ1) is 15.3. The summed E-state index contributed by atoms with van der Waals surface area (Å²) in [6.07, 6.45) is 5.78. The number of hydrogen-bond acceptors (Lipinski definition) is 3. The molecule has 112 valence electrons. The van der Waals surface area contributed by atoms with Crippen LogP contribution in [0.3, 0.4) is 0 Å². The van der Waals surface area contributed by atoms with Crippen molar-refractivity contribution in [2.45, 2.75) is 59.0 Å². The number of nitrogens with zero attached hydrogens (tertiary/aromatic N) is 2. The van der Waals surface area contributed by atoms with Crippen LogP contribution in [0.4, 0.5) is 5.69 Å². The van der Waals surface area contributed by atoms with Gasteiger partial charge in [0.1, 0.15) is 0 Å². The molecule has 1 aliphatic heterocycles. The molecule has 0 saturated carbocycles. The van der Waals surface area contributed by atoms with Crippen LogP contribution in [-0.2, 0) is 0 Å². The molecule has 20 heavy (non-hydrogen) atoms. The normalized spacial score (nSPS) is 24.7. The van der Waals surface area contributed by atoms with Gasteiger partial charge in [-0.1, -0.05) is 20.8 Å². The van der Waals surface area contributed by atoms with Crippen LogP contribution in [0, 0.1) is 5.92 Å². The summed E-state index contributed by atoms with van der Waals surface area (Å²) in [4.78, 5) is 7.21. The third-order valence-corrected chi connectivity index (χ3v) is 4.69. The molecule has 2 heterocycles. The molecular formula is C17H29N3. The van der Waals surface area contributed by atoms with E-state index < -0.39 is 0 Å². The fourth-order valence-electron chi connectivity index (χ4n) is 3.18. The van der Waals surface area contributed by atoms with Crippen molar-refractivity contribution >= 4 is 5.69 Å². The largest absolute Gasteiger partial charge is 0.367 e. The van der Waals surface area contributed by atoms with Gasteiger partial charge in [-0.15, -0.1) is 0 Å². The first-order chi connectivity index (χ1) is 9.67. The van der Waals surface area contributed by atoms with Gasteiger partial charge in [0.15, 0.2) is 0 Å². The van der Waals surface area contributed by atoms with Gasteiger partial charge in [0.25, 0.3) is 0 Å². The predicted octanol–water partition coefficient (Wildman–Crippen LogP) is 3.77. The number of piperidine rings is 1. The maximum absolute atomic E-state index is 4.70. The Morgan fingerprint density at radius 1 is 1.35 bits per heavy atom. The SMILES string of the molecule is CCNC(CC)c1ccc(N2CCCC(C)C2C)cn1. The van der Waals surface area contributed by atoms with Crippen molar-refractivity contribution in [2.24, 2.45) is 5.92 Å². The van der Waals surface area contributed by atoms with Crippen LogP contribution in [-0.4, -0.2) is 24.1 Å². The van der Waals surface area contributed by atoms with E-state index in [0.717, 1.165) is 31.1 Å². The van der Waals surface area contributed by atoms with Crippen molar-refractivity contribution in [1.82, 2.24) is 10.3 Å². The molecular weight excluding hydrogens is 246 g/mol. The highest BCUT2D eigenvalue weighted by Crippen LogP contribution is 2.28. The minimum Gasteiger partial charge on any atom is -0.367 e. The van der Waals surface area contributed by atoms with Gasteiger partial charge >= 0.3 is 0 Å². The van der Waals surface area contributed by atoms with Gasteiger partial charge in [-0.2, -0.15) is 0 Å². The summed E-state index contributed by atoms with van der Waals surface area (Å²) in [5.41, 5.74) is 2.44. The average molecular weight is 275 g/mol. The zero-order chi connectivity index (χ0) is 14.5. The highest BCUT2D eigenvalue weighted by atomic mass is 15.2. The Morgan fingerprint density at radius 2 is 2.15 bits per heavy atom. The van der Waals surface area contributed by atoms with Crippen LogP contribution in [0.5, 0.6) is 0 Å². The van der Waals surface area contributed by atoms with Crippen LogP contribution in [0.1, 0.15) is 58.7 Å². The second kappa shape index (κ2) is 7.07. The fourth-order valence-corrected chi connectivity index (χ4v) is 3.18. The van der Waals surface area contributed by atoms with Crippen molar-refractivity contribution in [3.63, 3.8) is 0 Å². The Bertz CT molecular complexity index is 401. The van der Waals surface area contributed by atoms with Gasteiger partial charge in [0.2, 0.25) is 0 Å². The van der Waals surface area contributed by atoms with Crippen molar-refractivity contribution < 1.29 is 0 Å². The van der Waals surface area contributed by atoms with E-state index in [-0.39, 0.29) is 0 Å². The molecule has 2 rings (SSSR count). The van der Waals surface area contributed by atoms with E-state index in [4.69, 9.17) is 4.98 Å². The molecule has 3 nitrogen and oxygen atoms in total. The monoisotopic (exact) mass is 275 g/mol. The summed E-state index contributed by atoms with van der Waals surface area (Å²) < 4.78 is 0. The molecule has 1 aliphatic rings. The summed E-state index contributed by atoms with van der Waals surface area (Å²) >= 11 is 0. The van der Waals surface area contributed by atoms with Crippen LogP contribution < -0.4 is 10.2 Å². The molecule has 0 aromatic carbocycles. The number of anilines is 1. The molecule has 1 N–H and O–H groups in total. The van der Waals surface area contributed by atoms with Gasteiger partial charge in [0, 0.05) is 18.6 Å². The highest BCUT2D eigenvalue weighted by molar-refractivity contribution is 5.46. The van der Waals surface area contributed by atoms with Crippen molar-refractivity contribution in [3.8, 4) is 0 Å².